The van der Waals surface area contributed by atoms with E-state index in [1.54, 1.807) is 11.6 Å². The zero-order valence-electron chi connectivity index (χ0n) is 9.61. The highest BCUT2D eigenvalue weighted by Gasteiger charge is 2.23. The van der Waals surface area contributed by atoms with E-state index < -0.39 is 10.0 Å². The van der Waals surface area contributed by atoms with Crippen LogP contribution in [-0.2, 0) is 17.1 Å². The molecule has 0 saturated heterocycles. The Morgan fingerprint density at radius 1 is 1.71 bits per heavy atom. The Labute approximate surface area is 99.4 Å². The van der Waals surface area contributed by atoms with Gasteiger partial charge in [-0.2, -0.15) is 4.31 Å². The molecule has 0 fully saturated rings. The molecular formula is C8H15N5O3S. The summed E-state index contributed by atoms with van der Waals surface area (Å²) in [5.74, 6) is -0.0203. The van der Waals surface area contributed by atoms with E-state index in [2.05, 4.69) is 10.1 Å². The van der Waals surface area contributed by atoms with Crippen molar-refractivity contribution in [2.45, 2.75) is 11.4 Å². The summed E-state index contributed by atoms with van der Waals surface area (Å²) < 4.78 is 26.6. The third kappa shape index (κ3) is 3.17. The fourth-order valence-electron chi connectivity index (χ4n) is 1.12. The molecule has 0 atom stereocenters. The van der Waals surface area contributed by atoms with Crippen LogP contribution in [0.1, 0.15) is 6.42 Å². The molecule has 17 heavy (non-hydrogen) atoms. The minimum atomic E-state index is -3.61. The Balaban J connectivity index is 2.78. The summed E-state index contributed by atoms with van der Waals surface area (Å²) >= 11 is 0. The van der Waals surface area contributed by atoms with Gasteiger partial charge in [0.1, 0.15) is 5.84 Å². The van der Waals surface area contributed by atoms with Gasteiger partial charge < -0.3 is 15.5 Å². The number of oxime groups is 1. The average Bonchev–Trinajstić information content (AvgIpc) is 2.72. The zero-order chi connectivity index (χ0) is 13.1. The van der Waals surface area contributed by atoms with E-state index in [9.17, 15) is 8.42 Å². The molecule has 0 aliphatic heterocycles. The second kappa shape index (κ2) is 5.15. The van der Waals surface area contributed by atoms with Crippen LogP contribution in [0.25, 0.3) is 0 Å². The highest BCUT2D eigenvalue weighted by Crippen LogP contribution is 2.11. The molecule has 0 spiro atoms. The Hall–Kier alpha value is -1.61. The topological polar surface area (TPSA) is 114 Å². The van der Waals surface area contributed by atoms with Gasteiger partial charge >= 0.3 is 0 Å². The van der Waals surface area contributed by atoms with E-state index in [0.717, 1.165) is 4.31 Å². The van der Waals surface area contributed by atoms with Crippen molar-refractivity contribution in [3.8, 4) is 0 Å². The standard InChI is InChI=1S/C8H15N5O3S/c1-12-5-8(10-6-12)17(15,16)13(2)4-3-7(9)11-14/h5-6,14H,3-4H2,1-2H3,(H2,9,11). The predicted molar refractivity (Wildman–Crippen MR) is 61.0 cm³/mol. The van der Waals surface area contributed by atoms with Crippen LogP contribution in [0, 0.1) is 0 Å². The van der Waals surface area contributed by atoms with Crippen molar-refractivity contribution < 1.29 is 13.6 Å². The normalized spacial score (nSPS) is 13.2. The molecule has 3 N–H and O–H groups in total. The summed E-state index contributed by atoms with van der Waals surface area (Å²) in [6.07, 6.45) is 2.97. The van der Waals surface area contributed by atoms with E-state index in [1.165, 1.54) is 19.6 Å². The Morgan fingerprint density at radius 3 is 2.82 bits per heavy atom. The number of nitrogens with zero attached hydrogens (tertiary/aromatic N) is 4. The highest BCUT2D eigenvalue weighted by molar-refractivity contribution is 7.89. The van der Waals surface area contributed by atoms with Crippen LogP contribution in [0.4, 0.5) is 0 Å². The van der Waals surface area contributed by atoms with Gasteiger partial charge in [0.25, 0.3) is 10.0 Å². The SMILES string of the molecule is CN(CCC(N)=NO)S(=O)(=O)c1cn(C)cn1. The molecular weight excluding hydrogens is 246 g/mol. The lowest BCUT2D eigenvalue weighted by molar-refractivity contribution is 0.316. The molecule has 96 valence electrons. The number of nitrogens with two attached hydrogens (primary N) is 1. The number of sulfonamides is 1. The molecule has 1 heterocycles. The van der Waals surface area contributed by atoms with Crippen molar-refractivity contribution in [1.82, 2.24) is 13.9 Å². The van der Waals surface area contributed by atoms with E-state index in [1.807, 2.05) is 0 Å². The summed E-state index contributed by atoms with van der Waals surface area (Å²) in [5.41, 5.74) is 5.27. The van der Waals surface area contributed by atoms with Gasteiger partial charge in [-0.1, -0.05) is 5.16 Å². The molecule has 0 aromatic carbocycles. The summed E-state index contributed by atoms with van der Waals surface area (Å²) in [6, 6.07) is 0. The first-order valence-electron chi connectivity index (χ1n) is 4.78. The molecule has 0 aliphatic carbocycles. The van der Waals surface area contributed by atoms with Gasteiger partial charge in [-0.15, -0.1) is 0 Å². The Bertz CT molecular complexity index is 507. The first-order valence-corrected chi connectivity index (χ1v) is 6.22. The second-order valence-electron chi connectivity index (χ2n) is 3.55. The van der Waals surface area contributed by atoms with Crippen LogP contribution >= 0.6 is 0 Å². The van der Waals surface area contributed by atoms with E-state index in [4.69, 9.17) is 10.9 Å². The zero-order valence-corrected chi connectivity index (χ0v) is 10.4. The lowest BCUT2D eigenvalue weighted by Gasteiger charge is -2.14. The highest BCUT2D eigenvalue weighted by atomic mass is 32.2. The van der Waals surface area contributed by atoms with E-state index in [-0.39, 0.29) is 23.8 Å². The number of hydrogen-bond acceptors (Lipinski definition) is 5. The van der Waals surface area contributed by atoms with Gasteiger partial charge in [0, 0.05) is 33.3 Å². The van der Waals surface area contributed by atoms with Crippen LogP contribution in [0.2, 0.25) is 0 Å². The van der Waals surface area contributed by atoms with E-state index in [0.29, 0.717) is 0 Å². The number of aromatic nitrogens is 2. The van der Waals surface area contributed by atoms with Crippen molar-refractivity contribution in [2.24, 2.45) is 17.9 Å². The third-order valence-electron chi connectivity index (χ3n) is 2.17. The first kappa shape index (κ1) is 13.5. The van der Waals surface area contributed by atoms with Gasteiger partial charge in [0.05, 0.1) is 6.33 Å². The fourth-order valence-corrected chi connectivity index (χ4v) is 2.25. The van der Waals surface area contributed by atoms with Crippen LogP contribution < -0.4 is 5.73 Å². The quantitative estimate of drug-likeness (QED) is 0.311. The van der Waals surface area contributed by atoms with Crippen LogP contribution in [0.3, 0.4) is 0 Å². The molecule has 9 heteroatoms. The van der Waals surface area contributed by atoms with Gasteiger partial charge in [0.2, 0.25) is 0 Å². The Morgan fingerprint density at radius 2 is 2.35 bits per heavy atom. The third-order valence-corrected chi connectivity index (χ3v) is 3.91. The molecule has 1 aromatic heterocycles. The number of amidine groups is 1. The molecule has 0 saturated carbocycles. The van der Waals surface area contributed by atoms with Crippen LogP contribution in [0.15, 0.2) is 22.7 Å². The number of aryl methyl sites for hydroxylation is 1. The average molecular weight is 261 g/mol. The molecule has 1 rings (SSSR count). The fraction of sp³-hybridized carbons (Fsp3) is 0.500. The lowest BCUT2D eigenvalue weighted by atomic mass is 10.4. The minimum absolute atomic E-state index is 0.0203. The van der Waals surface area contributed by atoms with Gasteiger partial charge in [0.15, 0.2) is 5.03 Å². The minimum Gasteiger partial charge on any atom is -0.409 e. The molecule has 0 aliphatic rings. The lowest BCUT2D eigenvalue weighted by Crippen LogP contribution is -2.30. The van der Waals surface area contributed by atoms with E-state index >= 15 is 0 Å². The molecule has 1 aromatic rings. The number of imidazole rings is 1. The van der Waals surface area contributed by atoms with Crippen molar-refractivity contribution in [2.75, 3.05) is 13.6 Å². The first-order chi connectivity index (χ1) is 7.87. The van der Waals surface area contributed by atoms with Gasteiger partial charge in [-0.25, -0.2) is 13.4 Å². The van der Waals surface area contributed by atoms with Gasteiger partial charge in [-0.05, 0) is 0 Å². The maximum absolute atomic E-state index is 12.0. The smallest absolute Gasteiger partial charge is 0.261 e. The molecule has 0 radical (unpaired) electrons. The molecule has 0 bridgehead atoms. The van der Waals surface area contributed by atoms with Crippen molar-refractivity contribution >= 4 is 15.9 Å². The molecule has 0 unspecified atom stereocenters. The van der Waals surface area contributed by atoms with Crippen molar-refractivity contribution in [3.05, 3.63) is 12.5 Å². The second-order valence-corrected chi connectivity index (χ2v) is 5.54. The van der Waals surface area contributed by atoms with Crippen molar-refractivity contribution in [3.63, 3.8) is 0 Å². The van der Waals surface area contributed by atoms with Crippen LogP contribution in [-0.4, -0.2) is 46.9 Å². The van der Waals surface area contributed by atoms with Crippen LogP contribution in [0.5, 0.6) is 0 Å². The molecule has 8 nitrogen and oxygen atoms in total. The summed E-state index contributed by atoms with van der Waals surface area (Å²) in [7, 11) is -0.518. The summed E-state index contributed by atoms with van der Waals surface area (Å²) in [6.45, 7) is 0.120. The van der Waals surface area contributed by atoms with Crippen molar-refractivity contribution in [1.29, 1.82) is 0 Å². The Kier molecular flexibility index (Phi) is 4.07. The largest absolute Gasteiger partial charge is 0.409 e. The maximum Gasteiger partial charge on any atom is 0.261 e. The number of rotatable bonds is 5. The molecule has 0 amide bonds. The monoisotopic (exact) mass is 261 g/mol. The summed E-state index contributed by atoms with van der Waals surface area (Å²) in [5, 5.41) is 11.1. The number of hydrogen-bond donors (Lipinski definition) is 2. The predicted octanol–water partition coefficient (Wildman–Crippen LogP) is -0.823. The summed E-state index contributed by atoms with van der Waals surface area (Å²) in [4.78, 5) is 3.78. The maximum atomic E-state index is 12.0. The van der Waals surface area contributed by atoms with Gasteiger partial charge in [-0.3, -0.25) is 0 Å².